The van der Waals surface area contributed by atoms with E-state index >= 15 is 0 Å². The zero-order valence-electron chi connectivity index (χ0n) is 14.2. The van der Waals surface area contributed by atoms with Crippen molar-refractivity contribution in [2.45, 2.75) is 58.2 Å². The van der Waals surface area contributed by atoms with Crippen molar-refractivity contribution in [3.05, 3.63) is 29.8 Å². The maximum absolute atomic E-state index is 11.9. The SMILES string of the molecule is CC(C)Oc1ccc(CNC(=O)NC2CCC(C(=O)O)CC2)cc1. The lowest BCUT2D eigenvalue weighted by Gasteiger charge is -2.26. The van der Waals surface area contributed by atoms with Crippen molar-refractivity contribution in [1.82, 2.24) is 10.6 Å². The van der Waals surface area contributed by atoms with Gasteiger partial charge in [0.15, 0.2) is 0 Å². The van der Waals surface area contributed by atoms with Crippen molar-refractivity contribution >= 4 is 12.0 Å². The zero-order chi connectivity index (χ0) is 17.5. The molecule has 132 valence electrons. The van der Waals surface area contributed by atoms with Crippen molar-refractivity contribution in [2.24, 2.45) is 5.92 Å². The lowest BCUT2D eigenvalue weighted by atomic mass is 9.86. The van der Waals surface area contributed by atoms with E-state index in [4.69, 9.17) is 9.84 Å². The third kappa shape index (κ3) is 5.76. The molecule has 1 aromatic carbocycles. The van der Waals surface area contributed by atoms with Crippen LogP contribution in [0.1, 0.15) is 45.1 Å². The number of amides is 2. The van der Waals surface area contributed by atoms with Gasteiger partial charge in [0.2, 0.25) is 0 Å². The maximum atomic E-state index is 11.9. The standard InChI is InChI=1S/C18H26N2O4/c1-12(2)24-16-9-3-13(4-10-16)11-19-18(23)20-15-7-5-14(6-8-15)17(21)22/h3-4,9-10,12,14-15H,5-8,11H2,1-2H3,(H,21,22)(H2,19,20,23). The Labute approximate surface area is 142 Å². The first-order chi connectivity index (χ1) is 11.4. The number of nitrogens with one attached hydrogen (secondary N) is 2. The van der Waals surface area contributed by atoms with Gasteiger partial charge in [0.05, 0.1) is 12.0 Å². The van der Waals surface area contributed by atoms with E-state index in [9.17, 15) is 9.59 Å². The van der Waals surface area contributed by atoms with Crippen molar-refractivity contribution < 1.29 is 19.4 Å². The van der Waals surface area contributed by atoms with Crippen molar-refractivity contribution in [1.29, 1.82) is 0 Å². The van der Waals surface area contributed by atoms with Gasteiger partial charge in [0.1, 0.15) is 5.75 Å². The predicted molar refractivity (Wildman–Crippen MR) is 91.0 cm³/mol. The van der Waals surface area contributed by atoms with Gasteiger partial charge in [-0.3, -0.25) is 4.79 Å². The maximum Gasteiger partial charge on any atom is 0.315 e. The summed E-state index contributed by atoms with van der Waals surface area (Å²) in [6.07, 6.45) is 2.81. The molecule has 6 heteroatoms. The van der Waals surface area contributed by atoms with E-state index in [-0.39, 0.29) is 24.1 Å². The van der Waals surface area contributed by atoms with Gasteiger partial charge in [0.25, 0.3) is 0 Å². The number of hydrogen-bond donors (Lipinski definition) is 3. The summed E-state index contributed by atoms with van der Waals surface area (Å²) in [6, 6.07) is 7.48. The molecule has 6 nitrogen and oxygen atoms in total. The average Bonchev–Trinajstić information content (AvgIpc) is 2.54. The van der Waals surface area contributed by atoms with Crippen LogP contribution >= 0.6 is 0 Å². The molecule has 0 radical (unpaired) electrons. The summed E-state index contributed by atoms with van der Waals surface area (Å²) < 4.78 is 5.58. The zero-order valence-corrected chi connectivity index (χ0v) is 14.2. The quantitative estimate of drug-likeness (QED) is 0.746. The normalized spacial score (nSPS) is 20.5. The fraction of sp³-hybridized carbons (Fsp3) is 0.556. The Hall–Kier alpha value is -2.24. The van der Waals surface area contributed by atoms with Gasteiger partial charge in [-0.25, -0.2) is 4.79 Å². The molecule has 0 aliphatic heterocycles. The lowest BCUT2D eigenvalue weighted by Crippen LogP contribution is -2.43. The van der Waals surface area contributed by atoms with Crippen molar-refractivity contribution in [3.63, 3.8) is 0 Å². The van der Waals surface area contributed by atoms with Crippen LogP contribution in [-0.4, -0.2) is 29.3 Å². The number of rotatable bonds is 6. The minimum atomic E-state index is -0.734. The molecule has 24 heavy (non-hydrogen) atoms. The number of carbonyl (C=O) groups excluding carboxylic acids is 1. The highest BCUT2D eigenvalue weighted by Crippen LogP contribution is 2.24. The monoisotopic (exact) mass is 334 g/mol. The Bertz CT molecular complexity index is 549. The molecule has 0 bridgehead atoms. The largest absolute Gasteiger partial charge is 0.491 e. The molecule has 0 saturated heterocycles. The Morgan fingerprint density at radius 1 is 1.17 bits per heavy atom. The first-order valence-corrected chi connectivity index (χ1v) is 8.47. The van der Waals surface area contributed by atoms with Crippen LogP contribution in [0.25, 0.3) is 0 Å². The number of hydrogen-bond acceptors (Lipinski definition) is 3. The predicted octanol–water partition coefficient (Wildman–Crippen LogP) is 2.92. The number of urea groups is 1. The van der Waals surface area contributed by atoms with Crippen LogP contribution < -0.4 is 15.4 Å². The van der Waals surface area contributed by atoms with Crippen LogP contribution in [0.3, 0.4) is 0 Å². The topological polar surface area (TPSA) is 87.7 Å². The van der Waals surface area contributed by atoms with E-state index in [1.165, 1.54) is 0 Å². The number of carboxylic acids is 1. The second-order valence-corrected chi connectivity index (χ2v) is 6.52. The molecular weight excluding hydrogens is 308 g/mol. The molecule has 1 saturated carbocycles. The molecular formula is C18H26N2O4. The van der Waals surface area contributed by atoms with Gasteiger partial charge < -0.3 is 20.5 Å². The first-order valence-electron chi connectivity index (χ1n) is 8.47. The third-order valence-corrected chi connectivity index (χ3v) is 4.16. The minimum Gasteiger partial charge on any atom is -0.491 e. The van der Waals surface area contributed by atoms with Crippen LogP contribution in [-0.2, 0) is 11.3 Å². The fourth-order valence-corrected chi connectivity index (χ4v) is 2.86. The number of aliphatic carboxylic acids is 1. The average molecular weight is 334 g/mol. The van der Waals surface area contributed by atoms with Gasteiger partial charge in [-0.1, -0.05) is 12.1 Å². The van der Waals surface area contributed by atoms with Gasteiger partial charge >= 0.3 is 12.0 Å². The summed E-state index contributed by atoms with van der Waals surface area (Å²) in [4.78, 5) is 22.9. The van der Waals surface area contributed by atoms with E-state index in [1.807, 2.05) is 38.1 Å². The molecule has 0 spiro atoms. The molecule has 1 aromatic rings. The number of benzene rings is 1. The fourth-order valence-electron chi connectivity index (χ4n) is 2.86. The number of ether oxygens (including phenoxy) is 1. The second kappa shape index (κ2) is 8.57. The molecule has 0 heterocycles. The smallest absolute Gasteiger partial charge is 0.315 e. The van der Waals surface area contributed by atoms with Gasteiger partial charge in [-0.15, -0.1) is 0 Å². The number of carboxylic acid groups (broad SMARTS) is 1. The Morgan fingerprint density at radius 2 is 1.79 bits per heavy atom. The van der Waals surface area contributed by atoms with Crippen molar-refractivity contribution in [2.75, 3.05) is 0 Å². The molecule has 1 aliphatic carbocycles. The Balaban J connectivity index is 1.70. The van der Waals surface area contributed by atoms with Crippen LogP contribution in [0.15, 0.2) is 24.3 Å². The summed E-state index contributed by atoms with van der Waals surface area (Å²) >= 11 is 0. The lowest BCUT2D eigenvalue weighted by molar-refractivity contribution is -0.142. The first kappa shape index (κ1) is 18.1. The third-order valence-electron chi connectivity index (χ3n) is 4.16. The molecule has 0 atom stereocenters. The summed E-state index contributed by atoms with van der Waals surface area (Å²) in [5.74, 6) is -0.186. The molecule has 2 amide bonds. The van der Waals surface area contributed by atoms with E-state index < -0.39 is 5.97 Å². The summed E-state index contributed by atoms with van der Waals surface area (Å²) in [5, 5.41) is 14.7. The van der Waals surface area contributed by atoms with Gasteiger partial charge in [-0.2, -0.15) is 0 Å². The van der Waals surface area contributed by atoms with Crippen LogP contribution in [0, 0.1) is 5.92 Å². The Morgan fingerprint density at radius 3 is 2.33 bits per heavy atom. The Kier molecular flexibility index (Phi) is 6.46. The number of carbonyl (C=O) groups is 2. The molecule has 3 N–H and O–H groups in total. The van der Waals surface area contributed by atoms with Crippen molar-refractivity contribution in [3.8, 4) is 5.75 Å². The molecule has 0 unspecified atom stereocenters. The molecule has 1 aliphatic rings. The van der Waals surface area contributed by atoms with Crippen LogP contribution in [0.2, 0.25) is 0 Å². The summed E-state index contributed by atoms with van der Waals surface area (Å²) in [7, 11) is 0. The highest BCUT2D eigenvalue weighted by Gasteiger charge is 2.26. The molecule has 0 aromatic heterocycles. The summed E-state index contributed by atoms with van der Waals surface area (Å²) in [5.41, 5.74) is 0.996. The van der Waals surface area contributed by atoms with E-state index in [0.717, 1.165) is 11.3 Å². The highest BCUT2D eigenvalue weighted by atomic mass is 16.5. The van der Waals surface area contributed by atoms with Crippen LogP contribution in [0.4, 0.5) is 4.79 Å². The van der Waals surface area contributed by atoms with Crippen LogP contribution in [0.5, 0.6) is 5.75 Å². The van der Waals surface area contributed by atoms with Gasteiger partial charge in [-0.05, 0) is 57.2 Å². The molecule has 2 rings (SSSR count). The second-order valence-electron chi connectivity index (χ2n) is 6.52. The molecule has 1 fully saturated rings. The van der Waals surface area contributed by atoms with E-state index in [1.54, 1.807) is 0 Å². The summed E-state index contributed by atoms with van der Waals surface area (Å²) in [6.45, 7) is 4.39. The van der Waals surface area contributed by atoms with E-state index in [2.05, 4.69) is 10.6 Å². The highest BCUT2D eigenvalue weighted by molar-refractivity contribution is 5.74. The minimum absolute atomic E-state index is 0.0578. The van der Waals surface area contributed by atoms with Gasteiger partial charge in [0, 0.05) is 12.6 Å². The van der Waals surface area contributed by atoms with E-state index in [0.29, 0.717) is 32.2 Å².